The summed E-state index contributed by atoms with van der Waals surface area (Å²) in [5.41, 5.74) is 0. The van der Waals surface area contributed by atoms with E-state index in [2.05, 4.69) is 0 Å². The number of hydrogen-bond donors (Lipinski definition) is 1. The summed E-state index contributed by atoms with van der Waals surface area (Å²) >= 11 is 0. The van der Waals surface area contributed by atoms with Crippen LogP contribution >= 0.6 is 0 Å². The first-order valence-corrected chi connectivity index (χ1v) is 5.46. The van der Waals surface area contributed by atoms with Gasteiger partial charge >= 0.3 is 11.9 Å². The summed E-state index contributed by atoms with van der Waals surface area (Å²) < 4.78 is 5.00. The average molecular weight is 216 g/mol. The van der Waals surface area contributed by atoms with E-state index >= 15 is 0 Å². The van der Waals surface area contributed by atoms with Crippen molar-refractivity contribution >= 4 is 11.9 Å². The van der Waals surface area contributed by atoms with Crippen molar-refractivity contribution in [2.24, 2.45) is 5.92 Å². The zero-order chi connectivity index (χ0) is 11.8. The molecule has 4 heteroatoms. The summed E-state index contributed by atoms with van der Waals surface area (Å²) in [6.07, 6.45) is 2.46. The lowest BCUT2D eigenvalue weighted by molar-refractivity contribution is -0.162. The van der Waals surface area contributed by atoms with Crippen LogP contribution in [0.15, 0.2) is 0 Å². The molecule has 0 saturated heterocycles. The minimum atomic E-state index is -1.09. The molecule has 0 aliphatic carbocycles. The zero-order valence-corrected chi connectivity index (χ0v) is 9.66. The second-order valence-electron chi connectivity index (χ2n) is 3.69. The predicted molar refractivity (Wildman–Crippen MR) is 56.5 cm³/mol. The quantitative estimate of drug-likeness (QED) is 0.523. The maximum atomic E-state index is 11.5. The standard InChI is InChI=1S/C11H20O4/c1-4-6-7-9(10(12)13)11(14)15-8(3)5-2/h8-9H,4-7H2,1-3H3,(H,12,13). The van der Waals surface area contributed by atoms with E-state index in [9.17, 15) is 9.59 Å². The van der Waals surface area contributed by atoms with Crippen molar-refractivity contribution in [1.82, 2.24) is 0 Å². The van der Waals surface area contributed by atoms with Crippen LogP contribution in [0.25, 0.3) is 0 Å². The van der Waals surface area contributed by atoms with Crippen molar-refractivity contribution in [1.29, 1.82) is 0 Å². The summed E-state index contributed by atoms with van der Waals surface area (Å²) in [6.45, 7) is 5.61. The second-order valence-corrected chi connectivity index (χ2v) is 3.69. The summed E-state index contributed by atoms with van der Waals surface area (Å²) in [7, 11) is 0. The Kier molecular flexibility index (Phi) is 6.75. The maximum absolute atomic E-state index is 11.5. The zero-order valence-electron chi connectivity index (χ0n) is 9.66. The van der Waals surface area contributed by atoms with Crippen LogP contribution in [0.5, 0.6) is 0 Å². The van der Waals surface area contributed by atoms with Crippen LogP contribution in [0.1, 0.15) is 46.5 Å². The van der Waals surface area contributed by atoms with E-state index in [0.29, 0.717) is 12.8 Å². The van der Waals surface area contributed by atoms with E-state index in [-0.39, 0.29) is 6.10 Å². The first kappa shape index (κ1) is 13.9. The monoisotopic (exact) mass is 216 g/mol. The predicted octanol–water partition coefficient (Wildman–Crippen LogP) is 2.22. The summed E-state index contributed by atoms with van der Waals surface area (Å²) in [4.78, 5) is 22.3. The Morgan fingerprint density at radius 3 is 2.33 bits per heavy atom. The minimum Gasteiger partial charge on any atom is -0.481 e. The molecule has 0 bridgehead atoms. The highest BCUT2D eigenvalue weighted by Gasteiger charge is 2.27. The normalized spacial score (nSPS) is 14.3. The lowest BCUT2D eigenvalue weighted by atomic mass is 10.0. The number of hydrogen-bond acceptors (Lipinski definition) is 3. The number of unbranched alkanes of at least 4 members (excludes halogenated alkanes) is 1. The Bertz CT molecular complexity index is 213. The molecule has 2 unspecified atom stereocenters. The number of esters is 1. The van der Waals surface area contributed by atoms with Gasteiger partial charge in [0.15, 0.2) is 5.92 Å². The number of rotatable bonds is 7. The Labute approximate surface area is 90.6 Å². The summed E-state index contributed by atoms with van der Waals surface area (Å²) in [5, 5.41) is 8.86. The van der Waals surface area contributed by atoms with Gasteiger partial charge in [0.05, 0.1) is 6.10 Å². The molecule has 0 aliphatic heterocycles. The molecule has 0 amide bonds. The molecule has 0 aliphatic rings. The molecule has 0 spiro atoms. The molecule has 0 heterocycles. The van der Waals surface area contributed by atoms with Crippen LogP contribution in [0.2, 0.25) is 0 Å². The summed E-state index contributed by atoms with van der Waals surface area (Å²) in [5.74, 6) is -2.69. The number of carboxylic acid groups (broad SMARTS) is 1. The molecule has 0 aromatic rings. The van der Waals surface area contributed by atoms with E-state index < -0.39 is 17.9 Å². The Balaban J connectivity index is 4.22. The fraction of sp³-hybridized carbons (Fsp3) is 0.818. The summed E-state index contributed by atoms with van der Waals surface area (Å²) in [6, 6.07) is 0. The third kappa shape index (κ3) is 5.40. The third-order valence-electron chi connectivity index (χ3n) is 2.32. The smallest absolute Gasteiger partial charge is 0.320 e. The first-order chi connectivity index (χ1) is 7.02. The largest absolute Gasteiger partial charge is 0.481 e. The van der Waals surface area contributed by atoms with Gasteiger partial charge in [0.1, 0.15) is 0 Å². The van der Waals surface area contributed by atoms with E-state index in [0.717, 1.165) is 12.8 Å². The topological polar surface area (TPSA) is 63.6 Å². The maximum Gasteiger partial charge on any atom is 0.320 e. The van der Waals surface area contributed by atoms with Gasteiger partial charge in [0.25, 0.3) is 0 Å². The van der Waals surface area contributed by atoms with Gasteiger partial charge < -0.3 is 9.84 Å². The lowest BCUT2D eigenvalue weighted by Gasteiger charge is -2.15. The molecule has 88 valence electrons. The highest BCUT2D eigenvalue weighted by Crippen LogP contribution is 2.12. The highest BCUT2D eigenvalue weighted by atomic mass is 16.5. The first-order valence-electron chi connectivity index (χ1n) is 5.46. The Morgan fingerprint density at radius 1 is 1.33 bits per heavy atom. The Morgan fingerprint density at radius 2 is 1.93 bits per heavy atom. The molecule has 0 saturated carbocycles. The molecule has 15 heavy (non-hydrogen) atoms. The fourth-order valence-electron chi connectivity index (χ4n) is 1.11. The minimum absolute atomic E-state index is 0.207. The molecule has 2 atom stereocenters. The van der Waals surface area contributed by atoms with Gasteiger partial charge in [-0.3, -0.25) is 9.59 Å². The van der Waals surface area contributed by atoms with Gasteiger partial charge in [0, 0.05) is 0 Å². The van der Waals surface area contributed by atoms with Crippen molar-refractivity contribution < 1.29 is 19.4 Å². The van der Waals surface area contributed by atoms with Gasteiger partial charge in [-0.25, -0.2) is 0 Å². The number of aliphatic carboxylic acids is 1. The molecule has 1 N–H and O–H groups in total. The molecule has 0 radical (unpaired) electrons. The highest BCUT2D eigenvalue weighted by molar-refractivity contribution is 5.93. The molecular weight excluding hydrogens is 196 g/mol. The fourth-order valence-corrected chi connectivity index (χ4v) is 1.11. The van der Waals surface area contributed by atoms with Crippen LogP contribution in [0, 0.1) is 5.92 Å². The van der Waals surface area contributed by atoms with E-state index in [4.69, 9.17) is 9.84 Å². The van der Waals surface area contributed by atoms with E-state index in [1.807, 2.05) is 13.8 Å². The van der Waals surface area contributed by atoms with Crippen LogP contribution in [0.4, 0.5) is 0 Å². The van der Waals surface area contributed by atoms with Crippen LogP contribution in [-0.4, -0.2) is 23.1 Å². The molecule has 0 aromatic carbocycles. The lowest BCUT2D eigenvalue weighted by Crippen LogP contribution is -2.28. The molecule has 4 nitrogen and oxygen atoms in total. The van der Waals surface area contributed by atoms with E-state index in [1.54, 1.807) is 6.92 Å². The van der Waals surface area contributed by atoms with Crippen LogP contribution < -0.4 is 0 Å². The molecule has 0 fully saturated rings. The van der Waals surface area contributed by atoms with Crippen molar-refractivity contribution in [3.05, 3.63) is 0 Å². The van der Waals surface area contributed by atoms with Crippen molar-refractivity contribution in [2.45, 2.75) is 52.6 Å². The van der Waals surface area contributed by atoms with Crippen molar-refractivity contribution in [3.8, 4) is 0 Å². The second kappa shape index (κ2) is 7.26. The van der Waals surface area contributed by atoms with Gasteiger partial charge in [-0.15, -0.1) is 0 Å². The van der Waals surface area contributed by atoms with Gasteiger partial charge in [-0.1, -0.05) is 26.7 Å². The van der Waals surface area contributed by atoms with Crippen molar-refractivity contribution in [3.63, 3.8) is 0 Å². The SMILES string of the molecule is CCCCC(C(=O)O)C(=O)OC(C)CC. The average Bonchev–Trinajstić information content (AvgIpc) is 2.17. The van der Waals surface area contributed by atoms with Crippen LogP contribution in [-0.2, 0) is 14.3 Å². The number of carbonyl (C=O) groups is 2. The number of carboxylic acids is 1. The number of carbonyl (C=O) groups excluding carboxylic acids is 1. The van der Waals surface area contributed by atoms with Crippen molar-refractivity contribution in [2.75, 3.05) is 0 Å². The Hall–Kier alpha value is -1.06. The van der Waals surface area contributed by atoms with E-state index in [1.165, 1.54) is 0 Å². The molecule has 0 aromatic heterocycles. The number of ether oxygens (including phenoxy) is 1. The molecular formula is C11H20O4. The van der Waals surface area contributed by atoms with Gasteiger partial charge in [-0.05, 0) is 19.8 Å². The third-order valence-corrected chi connectivity index (χ3v) is 2.32. The van der Waals surface area contributed by atoms with Gasteiger partial charge in [0.2, 0.25) is 0 Å². The van der Waals surface area contributed by atoms with Gasteiger partial charge in [-0.2, -0.15) is 0 Å². The van der Waals surface area contributed by atoms with Crippen LogP contribution in [0.3, 0.4) is 0 Å². The molecule has 0 rings (SSSR count).